The van der Waals surface area contributed by atoms with Crippen molar-refractivity contribution in [2.75, 3.05) is 13.6 Å². The van der Waals surface area contributed by atoms with Crippen LogP contribution in [0.25, 0.3) is 0 Å². The van der Waals surface area contributed by atoms with Crippen molar-refractivity contribution in [1.82, 2.24) is 4.90 Å². The molecule has 0 bridgehead atoms. The second kappa shape index (κ2) is 6.78. The highest BCUT2D eigenvalue weighted by atomic mass is 35.5. The van der Waals surface area contributed by atoms with E-state index in [0.717, 1.165) is 5.57 Å². The van der Waals surface area contributed by atoms with Crippen LogP contribution < -0.4 is 4.74 Å². The molecule has 4 nitrogen and oxygen atoms in total. The number of aliphatic hydroxyl groups excluding tert-OH is 1. The molecule has 1 heterocycles. The Labute approximate surface area is 129 Å². The highest BCUT2D eigenvalue weighted by molar-refractivity contribution is 6.30. The van der Waals surface area contributed by atoms with E-state index in [1.54, 1.807) is 31.2 Å². The summed E-state index contributed by atoms with van der Waals surface area (Å²) >= 11 is 5.78. The molecule has 2 unspecified atom stereocenters. The number of benzene rings is 1. The van der Waals surface area contributed by atoms with Crippen LogP contribution in [0.1, 0.15) is 6.92 Å². The van der Waals surface area contributed by atoms with E-state index in [9.17, 15) is 9.90 Å². The van der Waals surface area contributed by atoms with E-state index < -0.39 is 18.0 Å². The van der Waals surface area contributed by atoms with Crippen LogP contribution in [0.3, 0.4) is 0 Å². The molecule has 5 heteroatoms. The van der Waals surface area contributed by atoms with E-state index in [0.29, 0.717) is 17.3 Å². The maximum absolute atomic E-state index is 12.1. The van der Waals surface area contributed by atoms with E-state index in [1.807, 2.05) is 30.3 Å². The summed E-state index contributed by atoms with van der Waals surface area (Å²) in [6.07, 6.45) is 4.72. The first-order chi connectivity index (χ1) is 9.97. The van der Waals surface area contributed by atoms with Crippen LogP contribution in [0.5, 0.6) is 5.75 Å². The van der Waals surface area contributed by atoms with Crippen LogP contribution in [0.2, 0.25) is 5.02 Å². The van der Waals surface area contributed by atoms with Crippen molar-refractivity contribution in [3.8, 4) is 5.75 Å². The number of likely N-dealkylation sites (N-methyl/N-ethyl adjacent to an activating group) is 1. The molecular formula is C16H18ClNO3. The third-order valence-corrected chi connectivity index (χ3v) is 3.59. The number of nitrogens with zero attached hydrogens (tertiary/aromatic N) is 1. The number of rotatable bonds is 4. The van der Waals surface area contributed by atoms with Gasteiger partial charge in [0.1, 0.15) is 5.75 Å². The molecule has 0 spiro atoms. The highest BCUT2D eigenvalue weighted by Crippen LogP contribution is 2.21. The Kier molecular flexibility index (Phi) is 5.04. The monoisotopic (exact) mass is 307 g/mol. The molecule has 2 atom stereocenters. The first-order valence-corrected chi connectivity index (χ1v) is 7.08. The van der Waals surface area contributed by atoms with Gasteiger partial charge >= 0.3 is 5.97 Å². The lowest BCUT2D eigenvalue weighted by Gasteiger charge is -2.26. The van der Waals surface area contributed by atoms with Gasteiger partial charge in [-0.2, -0.15) is 0 Å². The van der Waals surface area contributed by atoms with Crippen LogP contribution in [0.4, 0.5) is 0 Å². The minimum atomic E-state index is -0.864. The molecule has 0 aliphatic carbocycles. The summed E-state index contributed by atoms with van der Waals surface area (Å²) < 4.78 is 5.25. The molecule has 1 aromatic carbocycles. The van der Waals surface area contributed by atoms with E-state index >= 15 is 0 Å². The van der Waals surface area contributed by atoms with Crippen LogP contribution in [-0.2, 0) is 4.79 Å². The lowest BCUT2D eigenvalue weighted by molar-refractivity contribution is -0.141. The van der Waals surface area contributed by atoms with Crippen molar-refractivity contribution < 1.29 is 14.6 Å². The third-order valence-electron chi connectivity index (χ3n) is 3.34. The molecule has 2 rings (SSSR count). The Morgan fingerprint density at radius 1 is 1.38 bits per heavy atom. The number of allylic oxidation sites excluding steroid dienone is 2. The van der Waals surface area contributed by atoms with Crippen molar-refractivity contribution in [2.24, 2.45) is 5.92 Å². The van der Waals surface area contributed by atoms with E-state index in [-0.39, 0.29) is 0 Å². The standard InChI is InChI=1S/C16H18ClNO3/c1-11(15(19)12-4-3-9-18(2)10-12)16(20)21-14-7-5-13(17)6-8-14/h3-9,11,15,19H,10H2,1-2H3. The van der Waals surface area contributed by atoms with Crippen LogP contribution in [-0.4, -0.2) is 35.7 Å². The van der Waals surface area contributed by atoms with Crippen LogP contribution in [0, 0.1) is 5.92 Å². The van der Waals surface area contributed by atoms with Gasteiger partial charge in [-0.3, -0.25) is 4.79 Å². The molecule has 1 aromatic rings. The molecule has 1 aliphatic rings. The van der Waals surface area contributed by atoms with E-state index in [2.05, 4.69) is 0 Å². The molecule has 21 heavy (non-hydrogen) atoms. The number of hydrogen-bond donors (Lipinski definition) is 1. The Bertz CT molecular complexity index is 565. The third kappa shape index (κ3) is 4.09. The molecule has 1 aliphatic heterocycles. The maximum Gasteiger partial charge on any atom is 0.317 e. The SMILES string of the molecule is CC(C(=O)Oc1ccc(Cl)cc1)C(O)C1=CC=CN(C)C1. The highest BCUT2D eigenvalue weighted by Gasteiger charge is 2.27. The van der Waals surface area contributed by atoms with Gasteiger partial charge in [-0.25, -0.2) is 0 Å². The second-order valence-corrected chi connectivity index (χ2v) is 5.54. The van der Waals surface area contributed by atoms with Crippen LogP contribution >= 0.6 is 11.6 Å². The van der Waals surface area contributed by atoms with Gasteiger partial charge < -0.3 is 14.7 Å². The number of esters is 1. The topological polar surface area (TPSA) is 49.8 Å². The lowest BCUT2D eigenvalue weighted by atomic mass is 9.95. The zero-order chi connectivity index (χ0) is 15.4. The Balaban J connectivity index is 2.00. The maximum atomic E-state index is 12.1. The Morgan fingerprint density at radius 2 is 2.05 bits per heavy atom. The first kappa shape index (κ1) is 15.6. The summed E-state index contributed by atoms with van der Waals surface area (Å²) in [5, 5.41) is 10.9. The zero-order valence-electron chi connectivity index (χ0n) is 12.0. The molecule has 1 N–H and O–H groups in total. The number of hydrogen-bond acceptors (Lipinski definition) is 4. The first-order valence-electron chi connectivity index (χ1n) is 6.70. The van der Waals surface area contributed by atoms with Crippen LogP contribution in [0.15, 0.2) is 48.2 Å². The molecule has 112 valence electrons. The van der Waals surface area contributed by atoms with Crippen molar-refractivity contribution in [3.05, 3.63) is 53.2 Å². The second-order valence-electron chi connectivity index (χ2n) is 5.11. The van der Waals surface area contributed by atoms with E-state index in [4.69, 9.17) is 16.3 Å². The summed E-state index contributed by atoms with van der Waals surface area (Å²) in [4.78, 5) is 14.0. The van der Waals surface area contributed by atoms with Crippen molar-refractivity contribution in [3.63, 3.8) is 0 Å². The molecule has 0 saturated heterocycles. The fourth-order valence-corrected chi connectivity index (χ4v) is 2.19. The number of halogens is 1. The normalized spacial score (nSPS) is 17.1. The van der Waals surface area contributed by atoms with E-state index in [1.165, 1.54) is 0 Å². The predicted octanol–water partition coefficient (Wildman–Crippen LogP) is 2.63. The van der Waals surface area contributed by atoms with Crippen molar-refractivity contribution in [1.29, 1.82) is 0 Å². The largest absolute Gasteiger partial charge is 0.426 e. The average molecular weight is 308 g/mol. The van der Waals surface area contributed by atoms with Crippen molar-refractivity contribution in [2.45, 2.75) is 13.0 Å². The lowest BCUT2D eigenvalue weighted by Crippen LogP contribution is -2.34. The number of carbonyl (C=O) groups is 1. The van der Waals surface area contributed by atoms with Gasteiger partial charge in [-0.15, -0.1) is 0 Å². The molecule has 0 fully saturated rings. The van der Waals surface area contributed by atoms with Gasteiger partial charge in [0.15, 0.2) is 0 Å². The smallest absolute Gasteiger partial charge is 0.317 e. The fraction of sp³-hybridized carbons (Fsp3) is 0.312. The Morgan fingerprint density at radius 3 is 2.67 bits per heavy atom. The quantitative estimate of drug-likeness (QED) is 0.686. The number of carbonyl (C=O) groups excluding carboxylic acids is 1. The number of ether oxygens (including phenoxy) is 1. The van der Waals surface area contributed by atoms with Gasteiger partial charge in [0.2, 0.25) is 0 Å². The summed E-state index contributed by atoms with van der Waals surface area (Å²) in [6, 6.07) is 6.54. The van der Waals surface area contributed by atoms with Gasteiger partial charge in [0.25, 0.3) is 0 Å². The molecular weight excluding hydrogens is 290 g/mol. The predicted molar refractivity (Wildman–Crippen MR) is 82.1 cm³/mol. The minimum absolute atomic E-state index is 0.415. The van der Waals surface area contributed by atoms with Gasteiger partial charge in [0, 0.05) is 18.6 Å². The summed E-state index contributed by atoms with van der Waals surface area (Å²) in [5.74, 6) is -0.701. The molecule has 0 amide bonds. The summed E-state index contributed by atoms with van der Waals surface area (Å²) in [5.41, 5.74) is 0.792. The van der Waals surface area contributed by atoms with Gasteiger partial charge in [-0.1, -0.05) is 17.7 Å². The van der Waals surface area contributed by atoms with Gasteiger partial charge in [-0.05, 0) is 49.0 Å². The molecule has 0 radical (unpaired) electrons. The summed E-state index contributed by atoms with van der Waals surface area (Å²) in [6.45, 7) is 2.25. The average Bonchev–Trinajstić information content (AvgIpc) is 2.48. The number of aliphatic hydroxyl groups is 1. The summed E-state index contributed by atoms with van der Waals surface area (Å²) in [7, 11) is 1.91. The minimum Gasteiger partial charge on any atom is -0.426 e. The molecule has 0 saturated carbocycles. The van der Waals surface area contributed by atoms with Gasteiger partial charge in [0.05, 0.1) is 12.0 Å². The Hall–Kier alpha value is -1.78. The fourth-order valence-electron chi connectivity index (χ4n) is 2.06. The zero-order valence-corrected chi connectivity index (χ0v) is 12.7. The van der Waals surface area contributed by atoms with Crippen molar-refractivity contribution >= 4 is 17.6 Å². The molecule has 0 aromatic heterocycles.